The van der Waals surface area contributed by atoms with Gasteiger partial charge in [-0.05, 0) is 32.4 Å². The molecular weight excluding hydrogens is 264 g/mol. The normalized spacial score (nSPS) is 13.8. The first-order chi connectivity index (χ1) is 10.0. The van der Waals surface area contributed by atoms with Crippen LogP contribution >= 0.6 is 0 Å². The van der Waals surface area contributed by atoms with Crippen molar-refractivity contribution in [2.45, 2.75) is 47.1 Å². The highest BCUT2D eigenvalue weighted by molar-refractivity contribution is 5.79. The van der Waals surface area contributed by atoms with E-state index < -0.39 is 0 Å². The highest BCUT2D eigenvalue weighted by Gasteiger charge is 2.10. The zero-order valence-corrected chi connectivity index (χ0v) is 14.9. The Balaban J connectivity index is 3.77. The van der Waals surface area contributed by atoms with Gasteiger partial charge in [-0.1, -0.05) is 27.7 Å². The molecule has 1 unspecified atom stereocenters. The molecule has 0 saturated heterocycles. The third kappa shape index (κ3) is 10.5. The molecule has 0 aromatic heterocycles. The first-order valence-electron chi connectivity index (χ1n) is 8.31. The zero-order valence-electron chi connectivity index (χ0n) is 14.9. The Bertz CT molecular complexity index is 265. The van der Waals surface area contributed by atoms with Crippen LogP contribution in [0.25, 0.3) is 0 Å². The van der Waals surface area contributed by atoms with E-state index in [-0.39, 0.29) is 0 Å². The third-order valence-corrected chi connectivity index (χ3v) is 3.60. The Morgan fingerprint density at radius 2 is 1.76 bits per heavy atom. The van der Waals surface area contributed by atoms with Gasteiger partial charge < -0.3 is 15.4 Å². The van der Waals surface area contributed by atoms with Crippen molar-refractivity contribution in [3.63, 3.8) is 0 Å². The minimum atomic E-state index is 0.501. The van der Waals surface area contributed by atoms with Gasteiger partial charge in [-0.2, -0.15) is 0 Å². The third-order valence-electron chi connectivity index (χ3n) is 3.60. The quantitative estimate of drug-likeness (QED) is 0.348. The summed E-state index contributed by atoms with van der Waals surface area (Å²) >= 11 is 0. The molecule has 0 heterocycles. The number of guanidine groups is 1. The Kier molecular flexibility index (Phi) is 12.4. The van der Waals surface area contributed by atoms with Crippen molar-refractivity contribution in [1.29, 1.82) is 0 Å². The van der Waals surface area contributed by atoms with Crippen LogP contribution in [0.15, 0.2) is 4.99 Å². The van der Waals surface area contributed by atoms with E-state index in [2.05, 4.69) is 55.1 Å². The van der Waals surface area contributed by atoms with Gasteiger partial charge in [0, 0.05) is 32.8 Å². The number of rotatable bonds is 11. The van der Waals surface area contributed by atoms with Gasteiger partial charge in [-0.3, -0.25) is 9.89 Å². The van der Waals surface area contributed by atoms with E-state index in [0.717, 1.165) is 51.8 Å². The van der Waals surface area contributed by atoms with Crippen LogP contribution in [0, 0.1) is 5.92 Å². The van der Waals surface area contributed by atoms with Gasteiger partial charge >= 0.3 is 0 Å². The second-order valence-corrected chi connectivity index (χ2v) is 5.75. The van der Waals surface area contributed by atoms with Crippen molar-refractivity contribution in [2.24, 2.45) is 10.9 Å². The van der Waals surface area contributed by atoms with E-state index in [0.29, 0.717) is 12.0 Å². The Labute approximate surface area is 131 Å². The van der Waals surface area contributed by atoms with E-state index in [9.17, 15) is 0 Å². The number of likely N-dealkylation sites (N-methyl/N-ethyl adjacent to an activating group) is 1. The number of hydrogen-bond donors (Lipinski definition) is 2. The molecule has 0 aliphatic rings. The van der Waals surface area contributed by atoms with Gasteiger partial charge in [0.25, 0.3) is 0 Å². The van der Waals surface area contributed by atoms with Crippen LogP contribution in [-0.4, -0.2) is 63.3 Å². The topological polar surface area (TPSA) is 48.9 Å². The molecule has 0 aromatic carbocycles. The van der Waals surface area contributed by atoms with Crippen LogP contribution in [-0.2, 0) is 4.74 Å². The Hall–Kier alpha value is -0.810. The maximum Gasteiger partial charge on any atom is 0.191 e. The molecule has 0 rings (SSSR count). The second kappa shape index (κ2) is 12.9. The predicted molar refractivity (Wildman–Crippen MR) is 92.0 cm³/mol. The summed E-state index contributed by atoms with van der Waals surface area (Å²) < 4.78 is 5.58. The van der Waals surface area contributed by atoms with Crippen LogP contribution in [0.2, 0.25) is 0 Å². The SMILES string of the molecule is CCN(CC)C(C)CNC(=NC)NCCOCCC(C)C. The van der Waals surface area contributed by atoms with Gasteiger partial charge in [0.05, 0.1) is 6.61 Å². The molecule has 1 atom stereocenters. The first kappa shape index (κ1) is 20.2. The maximum atomic E-state index is 5.58. The van der Waals surface area contributed by atoms with Gasteiger partial charge in [0.2, 0.25) is 0 Å². The molecule has 5 heteroatoms. The minimum Gasteiger partial charge on any atom is -0.380 e. The molecule has 0 aliphatic carbocycles. The van der Waals surface area contributed by atoms with Gasteiger partial charge in [0.1, 0.15) is 0 Å². The number of nitrogens with zero attached hydrogens (tertiary/aromatic N) is 2. The predicted octanol–water partition coefficient (Wildman–Crippen LogP) is 1.94. The fourth-order valence-electron chi connectivity index (χ4n) is 2.10. The minimum absolute atomic E-state index is 0.501. The molecule has 0 bridgehead atoms. The molecule has 0 amide bonds. The van der Waals surface area contributed by atoms with Gasteiger partial charge in [-0.25, -0.2) is 0 Å². The summed E-state index contributed by atoms with van der Waals surface area (Å²) in [5.74, 6) is 1.55. The summed E-state index contributed by atoms with van der Waals surface area (Å²) in [4.78, 5) is 6.66. The highest BCUT2D eigenvalue weighted by atomic mass is 16.5. The van der Waals surface area contributed by atoms with E-state index in [4.69, 9.17) is 4.74 Å². The van der Waals surface area contributed by atoms with Crippen LogP contribution in [0.3, 0.4) is 0 Å². The molecule has 5 nitrogen and oxygen atoms in total. The lowest BCUT2D eigenvalue weighted by molar-refractivity contribution is 0.128. The summed E-state index contributed by atoms with van der Waals surface area (Å²) in [7, 11) is 1.80. The first-order valence-corrected chi connectivity index (χ1v) is 8.31. The van der Waals surface area contributed by atoms with Gasteiger partial charge in [-0.15, -0.1) is 0 Å². The average molecular weight is 300 g/mol. The molecule has 0 saturated carbocycles. The molecule has 21 heavy (non-hydrogen) atoms. The lowest BCUT2D eigenvalue weighted by atomic mass is 10.1. The van der Waals surface area contributed by atoms with Crippen molar-refractivity contribution in [1.82, 2.24) is 15.5 Å². The summed E-state index contributed by atoms with van der Waals surface area (Å²) in [5.41, 5.74) is 0. The van der Waals surface area contributed by atoms with E-state index >= 15 is 0 Å². The molecule has 2 N–H and O–H groups in total. The van der Waals surface area contributed by atoms with Crippen LogP contribution < -0.4 is 10.6 Å². The van der Waals surface area contributed by atoms with Crippen LogP contribution in [0.5, 0.6) is 0 Å². The van der Waals surface area contributed by atoms with Crippen molar-refractivity contribution in [2.75, 3.05) is 46.4 Å². The van der Waals surface area contributed by atoms with E-state index in [1.807, 2.05) is 0 Å². The Morgan fingerprint density at radius 3 is 2.29 bits per heavy atom. The van der Waals surface area contributed by atoms with E-state index in [1.54, 1.807) is 7.05 Å². The standard InChI is InChI=1S/C16H36N4O/c1-7-20(8-2)15(5)13-19-16(17-6)18-10-12-21-11-9-14(3)4/h14-15H,7-13H2,1-6H3,(H2,17,18,19). The largest absolute Gasteiger partial charge is 0.380 e. The second-order valence-electron chi connectivity index (χ2n) is 5.75. The lowest BCUT2D eigenvalue weighted by Gasteiger charge is -2.27. The molecule has 0 fully saturated rings. The van der Waals surface area contributed by atoms with Crippen LogP contribution in [0.4, 0.5) is 0 Å². The van der Waals surface area contributed by atoms with Crippen molar-refractivity contribution in [3.8, 4) is 0 Å². The number of hydrogen-bond acceptors (Lipinski definition) is 3. The molecule has 0 aromatic rings. The highest BCUT2D eigenvalue weighted by Crippen LogP contribution is 1.98. The number of ether oxygens (including phenoxy) is 1. The summed E-state index contributed by atoms with van der Waals surface area (Å²) in [6, 6.07) is 0.501. The number of aliphatic imine (C=N–C) groups is 1. The zero-order chi connectivity index (χ0) is 16.1. The van der Waals surface area contributed by atoms with Crippen molar-refractivity contribution in [3.05, 3.63) is 0 Å². The fourth-order valence-corrected chi connectivity index (χ4v) is 2.10. The molecular formula is C16H36N4O. The van der Waals surface area contributed by atoms with Gasteiger partial charge in [0.15, 0.2) is 5.96 Å². The monoisotopic (exact) mass is 300 g/mol. The summed E-state index contributed by atoms with van der Waals surface area (Å²) in [6.07, 6.45) is 1.12. The van der Waals surface area contributed by atoms with E-state index in [1.165, 1.54) is 0 Å². The molecule has 0 spiro atoms. The molecule has 126 valence electrons. The van der Waals surface area contributed by atoms with Crippen molar-refractivity contribution >= 4 is 5.96 Å². The van der Waals surface area contributed by atoms with Crippen LogP contribution in [0.1, 0.15) is 41.0 Å². The average Bonchev–Trinajstić information content (AvgIpc) is 2.46. The summed E-state index contributed by atoms with van der Waals surface area (Å²) in [5, 5.41) is 6.65. The fraction of sp³-hybridized carbons (Fsp3) is 0.938. The van der Waals surface area contributed by atoms with Crippen molar-refractivity contribution < 1.29 is 4.74 Å². The maximum absolute atomic E-state index is 5.58. The summed E-state index contributed by atoms with van der Waals surface area (Å²) in [6.45, 7) is 16.5. The Morgan fingerprint density at radius 1 is 1.10 bits per heavy atom. The smallest absolute Gasteiger partial charge is 0.191 e. The number of nitrogens with one attached hydrogen (secondary N) is 2. The molecule has 0 aliphatic heterocycles. The molecule has 0 radical (unpaired) electrons. The lowest BCUT2D eigenvalue weighted by Crippen LogP contribution is -2.46.